The van der Waals surface area contributed by atoms with Gasteiger partial charge in [-0.05, 0) is 5.92 Å². The minimum atomic E-state index is -2.75. The number of Topliss-reactive ketones (excluding diaryl/α,β-unsaturated/α-hetero) is 1. The van der Waals surface area contributed by atoms with Crippen molar-refractivity contribution >= 4 is 5.78 Å². The highest BCUT2D eigenvalue weighted by Gasteiger charge is 2.23. The third-order valence-corrected chi connectivity index (χ3v) is 2.21. The summed E-state index contributed by atoms with van der Waals surface area (Å²) in [6, 6.07) is 0. The van der Waals surface area contributed by atoms with E-state index in [-0.39, 0.29) is 12.3 Å². The van der Waals surface area contributed by atoms with Crippen LogP contribution in [0.25, 0.3) is 0 Å². The summed E-state index contributed by atoms with van der Waals surface area (Å²) < 4.78 is 23.5. The fourth-order valence-electron chi connectivity index (χ4n) is 1.59. The Labute approximate surface area is 64.8 Å². The van der Waals surface area contributed by atoms with E-state index in [4.69, 9.17) is 0 Å². The third-order valence-electron chi connectivity index (χ3n) is 2.21. The average molecular weight is 162 g/mol. The SMILES string of the molecule is O=C(CC1CCCC1)C(F)F. The van der Waals surface area contributed by atoms with Gasteiger partial charge in [-0.25, -0.2) is 8.78 Å². The number of alkyl halides is 2. The van der Waals surface area contributed by atoms with Crippen molar-refractivity contribution in [1.29, 1.82) is 0 Å². The molecule has 0 aromatic carbocycles. The minimum absolute atomic E-state index is 0.0949. The quantitative estimate of drug-likeness (QED) is 0.622. The molecule has 0 N–H and O–H groups in total. The summed E-state index contributed by atoms with van der Waals surface area (Å²) in [7, 11) is 0. The zero-order chi connectivity index (χ0) is 8.27. The molecular formula is C8H12F2O. The van der Waals surface area contributed by atoms with Gasteiger partial charge in [-0.1, -0.05) is 25.7 Å². The van der Waals surface area contributed by atoms with Crippen LogP contribution in [-0.2, 0) is 4.79 Å². The van der Waals surface area contributed by atoms with Crippen molar-refractivity contribution in [1.82, 2.24) is 0 Å². The molecule has 0 aliphatic heterocycles. The maximum atomic E-state index is 11.7. The zero-order valence-corrected chi connectivity index (χ0v) is 6.35. The fraction of sp³-hybridized carbons (Fsp3) is 0.875. The molecular weight excluding hydrogens is 150 g/mol. The number of rotatable bonds is 3. The first kappa shape index (κ1) is 8.62. The van der Waals surface area contributed by atoms with Gasteiger partial charge in [0.2, 0.25) is 0 Å². The lowest BCUT2D eigenvalue weighted by atomic mass is 10.0. The van der Waals surface area contributed by atoms with Gasteiger partial charge in [0.1, 0.15) is 0 Å². The van der Waals surface area contributed by atoms with Crippen LogP contribution in [0.1, 0.15) is 32.1 Å². The summed E-state index contributed by atoms with van der Waals surface area (Å²) in [6.45, 7) is 0. The lowest BCUT2D eigenvalue weighted by Gasteiger charge is -2.05. The molecule has 1 nitrogen and oxygen atoms in total. The third kappa shape index (κ3) is 2.56. The van der Waals surface area contributed by atoms with E-state index in [1.165, 1.54) is 0 Å². The molecule has 1 aliphatic carbocycles. The highest BCUT2D eigenvalue weighted by Crippen LogP contribution is 2.28. The summed E-state index contributed by atoms with van der Waals surface area (Å²) in [4.78, 5) is 10.5. The zero-order valence-electron chi connectivity index (χ0n) is 6.35. The molecule has 0 heterocycles. The van der Waals surface area contributed by atoms with E-state index in [1.807, 2.05) is 0 Å². The van der Waals surface area contributed by atoms with E-state index in [1.54, 1.807) is 0 Å². The molecule has 0 bridgehead atoms. The van der Waals surface area contributed by atoms with Crippen molar-refractivity contribution in [2.75, 3.05) is 0 Å². The second-order valence-electron chi connectivity index (χ2n) is 3.12. The molecule has 0 aromatic rings. The molecule has 0 unspecified atom stereocenters. The standard InChI is InChI=1S/C8H12F2O/c9-8(10)7(11)5-6-3-1-2-4-6/h6,8H,1-5H2. The Morgan fingerprint density at radius 1 is 1.36 bits per heavy atom. The first-order valence-electron chi connectivity index (χ1n) is 4.01. The number of carbonyl (C=O) groups excluding carboxylic acids is 1. The average Bonchev–Trinajstić information content (AvgIpc) is 2.39. The van der Waals surface area contributed by atoms with Crippen LogP contribution in [-0.4, -0.2) is 12.2 Å². The predicted octanol–water partition coefficient (Wildman–Crippen LogP) is 2.40. The molecule has 0 aromatic heterocycles. The van der Waals surface area contributed by atoms with Crippen LogP contribution in [0.15, 0.2) is 0 Å². The summed E-state index contributed by atoms with van der Waals surface area (Å²) in [5.41, 5.74) is 0. The molecule has 1 rings (SSSR count). The number of carbonyl (C=O) groups is 1. The van der Waals surface area contributed by atoms with E-state index in [0.29, 0.717) is 0 Å². The van der Waals surface area contributed by atoms with Crippen LogP contribution in [0.2, 0.25) is 0 Å². The van der Waals surface area contributed by atoms with Gasteiger partial charge >= 0.3 is 0 Å². The molecule has 1 saturated carbocycles. The van der Waals surface area contributed by atoms with Crippen LogP contribution in [0, 0.1) is 5.92 Å². The van der Waals surface area contributed by atoms with Gasteiger partial charge < -0.3 is 0 Å². The molecule has 11 heavy (non-hydrogen) atoms. The normalized spacial score (nSPS) is 19.5. The van der Waals surface area contributed by atoms with Crippen LogP contribution < -0.4 is 0 Å². The maximum absolute atomic E-state index is 11.7. The highest BCUT2D eigenvalue weighted by atomic mass is 19.3. The van der Waals surface area contributed by atoms with Gasteiger partial charge in [-0.2, -0.15) is 0 Å². The van der Waals surface area contributed by atoms with Crippen LogP contribution in [0.3, 0.4) is 0 Å². The van der Waals surface area contributed by atoms with Crippen LogP contribution >= 0.6 is 0 Å². The first-order chi connectivity index (χ1) is 5.20. The molecule has 0 saturated heterocycles. The van der Waals surface area contributed by atoms with Crippen molar-refractivity contribution in [3.05, 3.63) is 0 Å². The van der Waals surface area contributed by atoms with Crippen LogP contribution in [0.5, 0.6) is 0 Å². The van der Waals surface area contributed by atoms with Crippen LogP contribution in [0.4, 0.5) is 8.78 Å². The number of hydrogen-bond acceptors (Lipinski definition) is 1. The Balaban J connectivity index is 2.24. The summed E-state index contributed by atoms with van der Waals surface area (Å²) in [6.07, 6.45) is 1.45. The van der Waals surface area contributed by atoms with Gasteiger partial charge in [0.15, 0.2) is 5.78 Å². The second kappa shape index (κ2) is 3.79. The molecule has 0 spiro atoms. The Morgan fingerprint density at radius 2 is 1.91 bits per heavy atom. The molecule has 0 radical (unpaired) electrons. The largest absolute Gasteiger partial charge is 0.295 e. The van der Waals surface area contributed by atoms with Gasteiger partial charge in [0.25, 0.3) is 6.43 Å². The van der Waals surface area contributed by atoms with Gasteiger partial charge in [-0.15, -0.1) is 0 Å². The molecule has 1 fully saturated rings. The molecule has 1 aliphatic rings. The Morgan fingerprint density at radius 3 is 2.36 bits per heavy atom. The number of halogens is 2. The van der Waals surface area contributed by atoms with E-state index < -0.39 is 12.2 Å². The Kier molecular flexibility index (Phi) is 2.97. The van der Waals surface area contributed by atoms with Crippen molar-refractivity contribution in [3.63, 3.8) is 0 Å². The molecule has 64 valence electrons. The smallest absolute Gasteiger partial charge is 0.293 e. The fourth-order valence-corrected chi connectivity index (χ4v) is 1.59. The van der Waals surface area contributed by atoms with Crippen molar-refractivity contribution in [2.24, 2.45) is 5.92 Å². The van der Waals surface area contributed by atoms with E-state index in [0.717, 1.165) is 25.7 Å². The predicted molar refractivity (Wildman–Crippen MR) is 37.6 cm³/mol. The number of ketones is 1. The topological polar surface area (TPSA) is 17.1 Å². The highest BCUT2D eigenvalue weighted by molar-refractivity contribution is 5.81. The van der Waals surface area contributed by atoms with E-state index in [9.17, 15) is 13.6 Å². The molecule has 0 amide bonds. The molecule has 3 heteroatoms. The Bertz CT molecular complexity index is 139. The summed E-state index contributed by atoms with van der Waals surface area (Å²) in [5, 5.41) is 0. The maximum Gasteiger partial charge on any atom is 0.295 e. The minimum Gasteiger partial charge on any atom is -0.293 e. The lowest BCUT2D eigenvalue weighted by Crippen LogP contribution is -2.13. The van der Waals surface area contributed by atoms with E-state index >= 15 is 0 Å². The second-order valence-corrected chi connectivity index (χ2v) is 3.12. The summed E-state index contributed by atoms with van der Waals surface area (Å²) in [5.74, 6) is -0.631. The van der Waals surface area contributed by atoms with Gasteiger partial charge in [0, 0.05) is 6.42 Å². The lowest BCUT2D eigenvalue weighted by molar-refractivity contribution is -0.130. The first-order valence-corrected chi connectivity index (χ1v) is 4.01. The number of hydrogen-bond donors (Lipinski definition) is 0. The summed E-state index contributed by atoms with van der Waals surface area (Å²) >= 11 is 0. The Hall–Kier alpha value is -0.470. The van der Waals surface area contributed by atoms with E-state index in [2.05, 4.69) is 0 Å². The van der Waals surface area contributed by atoms with Gasteiger partial charge in [0.05, 0.1) is 0 Å². The van der Waals surface area contributed by atoms with Crippen molar-refractivity contribution < 1.29 is 13.6 Å². The van der Waals surface area contributed by atoms with Crippen molar-refractivity contribution in [2.45, 2.75) is 38.5 Å². The van der Waals surface area contributed by atoms with Crippen molar-refractivity contribution in [3.8, 4) is 0 Å². The molecule has 0 atom stereocenters. The monoisotopic (exact) mass is 162 g/mol. The van der Waals surface area contributed by atoms with Gasteiger partial charge in [-0.3, -0.25) is 4.79 Å².